The summed E-state index contributed by atoms with van der Waals surface area (Å²) in [4.78, 5) is 21.5. The maximum atomic E-state index is 12.5. The molecule has 0 radical (unpaired) electrons. The first kappa shape index (κ1) is 27.1. The molecule has 3 aromatic rings. The van der Waals surface area contributed by atoms with Gasteiger partial charge < -0.3 is 9.47 Å². The molecular weight excluding hydrogens is 448 g/mol. The van der Waals surface area contributed by atoms with Crippen LogP contribution in [0.15, 0.2) is 73.6 Å². The zero-order valence-electron chi connectivity index (χ0n) is 21.5. The Hall–Kier alpha value is -3.47. The summed E-state index contributed by atoms with van der Waals surface area (Å²) in [6.07, 6.45) is 17.3. The normalized spacial score (nSPS) is 10.7. The van der Waals surface area contributed by atoms with Crippen LogP contribution in [0.4, 0.5) is 0 Å². The minimum absolute atomic E-state index is 0.403. The van der Waals surface area contributed by atoms with Gasteiger partial charge in [-0.1, -0.05) is 45.1 Å². The van der Waals surface area contributed by atoms with E-state index in [4.69, 9.17) is 9.47 Å². The highest BCUT2D eigenvalue weighted by atomic mass is 16.5. The summed E-state index contributed by atoms with van der Waals surface area (Å²) in [6, 6.07) is 14.3. The van der Waals surface area contributed by atoms with E-state index < -0.39 is 5.97 Å². The number of aromatic nitrogens is 2. The lowest BCUT2D eigenvalue weighted by atomic mass is 10.1. The Balaban J connectivity index is 1.44. The van der Waals surface area contributed by atoms with Crippen molar-refractivity contribution in [3.63, 3.8) is 0 Å². The maximum absolute atomic E-state index is 12.5. The van der Waals surface area contributed by atoms with Gasteiger partial charge in [-0.2, -0.15) is 0 Å². The topological polar surface area (TPSA) is 61.3 Å². The number of rotatable bonds is 16. The third-order valence-electron chi connectivity index (χ3n) is 6.01. The molecule has 0 atom stereocenters. The van der Waals surface area contributed by atoms with Crippen LogP contribution < -0.4 is 9.47 Å². The van der Waals surface area contributed by atoms with Gasteiger partial charge in [0.15, 0.2) is 5.82 Å². The Labute approximate surface area is 215 Å². The predicted molar refractivity (Wildman–Crippen MR) is 145 cm³/mol. The minimum atomic E-state index is -0.403. The number of hydrogen-bond donors (Lipinski definition) is 0. The fourth-order valence-corrected chi connectivity index (χ4v) is 3.85. The number of hydrogen-bond acceptors (Lipinski definition) is 5. The monoisotopic (exact) mass is 486 g/mol. The van der Waals surface area contributed by atoms with Crippen molar-refractivity contribution in [1.82, 2.24) is 9.97 Å². The van der Waals surface area contributed by atoms with Gasteiger partial charge >= 0.3 is 5.97 Å². The Morgan fingerprint density at radius 1 is 0.833 bits per heavy atom. The number of unbranched alkanes of at least 4 members (excludes halogenated alkanes) is 7. The van der Waals surface area contributed by atoms with Crippen LogP contribution >= 0.6 is 0 Å². The van der Waals surface area contributed by atoms with Gasteiger partial charge in [-0.25, -0.2) is 14.8 Å². The number of nitrogens with zero attached hydrogens (tertiary/aromatic N) is 2. The van der Waals surface area contributed by atoms with Gasteiger partial charge in [0.2, 0.25) is 0 Å². The Bertz CT molecular complexity index is 1040. The van der Waals surface area contributed by atoms with E-state index in [1.165, 1.54) is 38.5 Å². The molecule has 0 fully saturated rings. The molecule has 2 aromatic carbocycles. The van der Waals surface area contributed by atoms with Gasteiger partial charge in [0.1, 0.15) is 11.5 Å². The molecule has 1 heterocycles. The smallest absolute Gasteiger partial charge is 0.343 e. The van der Waals surface area contributed by atoms with Crippen LogP contribution in [0.2, 0.25) is 0 Å². The van der Waals surface area contributed by atoms with E-state index in [9.17, 15) is 4.79 Å². The summed E-state index contributed by atoms with van der Waals surface area (Å²) in [7, 11) is 0. The highest BCUT2D eigenvalue weighted by molar-refractivity contribution is 5.91. The molecular formula is C31H38N2O3. The molecule has 0 unspecified atom stereocenters. The molecule has 0 aliphatic carbocycles. The van der Waals surface area contributed by atoms with Crippen molar-refractivity contribution in [3.05, 3.63) is 84.7 Å². The van der Waals surface area contributed by atoms with Crippen LogP contribution in [-0.4, -0.2) is 22.5 Å². The molecule has 190 valence electrons. The molecule has 0 saturated carbocycles. The van der Waals surface area contributed by atoms with E-state index in [1.807, 2.05) is 42.7 Å². The molecule has 1 aromatic heterocycles. The van der Waals surface area contributed by atoms with E-state index >= 15 is 0 Å². The molecule has 0 spiro atoms. The number of carbonyl (C=O) groups excluding carboxylic acids is 1. The molecule has 3 rings (SSSR count). The van der Waals surface area contributed by atoms with Crippen molar-refractivity contribution >= 4 is 5.97 Å². The lowest BCUT2D eigenvalue weighted by molar-refractivity contribution is 0.0734. The highest BCUT2D eigenvalue weighted by Crippen LogP contribution is 2.21. The zero-order valence-corrected chi connectivity index (χ0v) is 21.5. The Kier molecular flexibility index (Phi) is 11.7. The summed E-state index contributed by atoms with van der Waals surface area (Å²) >= 11 is 0. The van der Waals surface area contributed by atoms with Crippen LogP contribution in [0, 0.1) is 0 Å². The van der Waals surface area contributed by atoms with Gasteiger partial charge in [-0.05, 0) is 86.2 Å². The van der Waals surface area contributed by atoms with E-state index in [2.05, 4.69) is 23.5 Å². The fraction of sp³-hybridized carbons (Fsp3) is 0.387. The van der Waals surface area contributed by atoms with Gasteiger partial charge in [0.25, 0.3) is 0 Å². The second kappa shape index (κ2) is 15.5. The number of carbonyl (C=O) groups is 1. The predicted octanol–water partition coefficient (Wildman–Crippen LogP) is 8.00. The summed E-state index contributed by atoms with van der Waals surface area (Å²) in [5, 5.41) is 0. The van der Waals surface area contributed by atoms with Gasteiger partial charge in [-0.15, -0.1) is 6.58 Å². The lowest BCUT2D eigenvalue weighted by Crippen LogP contribution is -2.08. The van der Waals surface area contributed by atoms with Crippen molar-refractivity contribution in [2.24, 2.45) is 0 Å². The third-order valence-corrected chi connectivity index (χ3v) is 6.01. The fourth-order valence-electron chi connectivity index (χ4n) is 3.85. The molecule has 5 nitrogen and oxygen atoms in total. The zero-order chi connectivity index (χ0) is 25.4. The number of aryl methyl sites for hydroxylation is 1. The van der Waals surface area contributed by atoms with Crippen LogP contribution in [0.5, 0.6) is 11.5 Å². The summed E-state index contributed by atoms with van der Waals surface area (Å²) in [6.45, 7) is 6.63. The quantitative estimate of drug-likeness (QED) is 0.0888. The van der Waals surface area contributed by atoms with Crippen molar-refractivity contribution in [3.8, 4) is 22.9 Å². The molecule has 0 amide bonds. The van der Waals surface area contributed by atoms with E-state index in [0.29, 0.717) is 23.7 Å². The standard InChI is InChI=1S/C31H38N2O3/c1-3-5-7-9-10-12-22-35-28-18-16-27(17-19-28)31(34)36-29-20-14-26(15-21-29)30-32-23-25(24-33-30)13-11-8-6-4-2/h3,14-21,23-24H,1,4-13,22H2,2H3. The molecule has 0 N–H and O–H groups in total. The molecule has 5 heteroatoms. The van der Waals surface area contributed by atoms with E-state index in [-0.39, 0.29) is 0 Å². The number of ether oxygens (including phenoxy) is 2. The first-order chi connectivity index (χ1) is 17.7. The molecule has 0 aliphatic rings. The molecule has 0 saturated heterocycles. The van der Waals surface area contributed by atoms with Gasteiger partial charge in [0, 0.05) is 18.0 Å². The molecule has 36 heavy (non-hydrogen) atoms. The van der Waals surface area contributed by atoms with Gasteiger partial charge in [-0.3, -0.25) is 0 Å². The Morgan fingerprint density at radius 3 is 2.19 bits per heavy atom. The first-order valence-corrected chi connectivity index (χ1v) is 13.2. The van der Waals surface area contributed by atoms with Crippen molar-refractivity contribution < 1.29 is 14.3 Å². The average molecular weight is 487 g/mol. The van der Waals surface area contributed by atoms with Crippen molar-refractivity contribution in [2.45, 2.75) is 71.1 Å². The third kappa shape index (κ3) is 9.29. The second-order valence-electron chi connectivity index (χ2n) is 9.00. The number of esters is 1. The maximum Gasteiger partial charge on any atom is 0.343 e. The lowest BCUT2D eigenvalue weighted by Gasteiger charge is -2.08. The average Bonchev–Trinajstić information content (AvgIpc) is 2.92. The van der Waals surface area contributed by atoms with E-state index in [1.54, 1.807) is 24.3 Å². The van der Waals surface area contributed by atoms with Crippen molar-refractivity contribution in [1.29, 1.82) is 0 Å². The van der Waals surface area contributed by atoms with Crippen LogP contribution in [0.3, 0.4) is 0 Å². The summed E-state index contributed by atoms with van der Waals surface area (Å²) in [5.41, 5.74) is 2.53. The molecule has 0 bridgehead atoms. The minimum Gasteiger partial charge on any atom is -0.494 e. The summed E-state index contributed by atoms with van der Waals surface area (Å²) < 4.78 is 11.3. The first-order valence-electron chi connectivity index (χ1n) is 13.2. The SMILES string of the molecule is C=CCCCCCCOc1ccc(C(=O)Oc2ccc(-c3ncc(CCCCCC)cn3)cc2)cc1. The van der Waals surface area contributed by atoms with Crippen molar-refractivity contribution in [2.75, 3.05) is 6.61 Å². The number of benzene rings is 2. The van der Waals surface area contributed by atoms with Crippen LogP contribution in [0.1, 0.15) is 80.6 Å². The second-order valence-corrected chi connectivity index (χ2v) is 9.00. The van der Waals surface area contributed by atoms with Gasteiger partial charge in [0.05, 0.1) is 12.2 Å². The highest BCUT2D eigenvalue weighted by Gasteiger charge is 2.10. The van der Waals surface area contributed by atoms with E-state index in [0.717, 1.165) is 42.6 Å². The molecule has 0 aliphatic heterocycles. The Morgan fingerprint density at radius 2 is 1.50 bits per heavy atom. The van der Waals surface area contributed by atoms with Crippen LogP contribution in [-0.2, 0) is 6.42 Å². The summed E-state index contributed by atoms with van der Waals surface area (Å²) in [5.74, 6) is 1.50. The number of allylic oxidation sites excluding steroid dienone is 1. The largest absolute Gasteiger partial charge is 0.494 e. The van der Waals surface area contributed by atoms with Crippen LogP contribution in [0.25, 0.3) is 11.4 Å².